The highest BCUT2D eigenvalue weighted by Crippen LogP contribution is 2.30. The van der Waals surface area contributed by atoms with Crippen molar-refractivity contribution >= 4 is 29.2 Å². The Labute approximate surface area is 129 Å². The molecule has 21 heavy (non-hydrogen) atoms. The summed E-state index contributed by atoms with van der Waals surface area (Å²) in [5.74, 6) is -0.602. The van der Waals surface area contributed by atoms with Gasteiger partial charge in [-0.3, -0.25) is 0 Å². The zero-order valence-corrected chi connectivity index (χ0v) is 12.8. The van der Waals surface area contributed by atoms with Crippen LogP contribution in [0.5, 0.6) is 0 Å². The number of rotatable bonds is 4. The summed E-state index contributed by atoms with van der Waals surface area (Å²) in [6.45, 7) is 1.96. The van der Waals surface area contributed by atoms with Crippen molar-refractivity contribution in [1.82, 2.24) is 4.48 Å². The second kappa shape index (κ2) is 6.87. The molecular weight excluding hydrogens is 290 g/mol. The van der Waals surface area contributed by atoms with Crippen molar-refractivity contribution in [2.75, 3.05) is 13.2 Å². The summed E-state index contributed by atoms with van der Waals surface area (Å²) in [6, 6.07) is 9.22. The molecule has 1 aromatic carbocycles. The second-order valence-electron chi connectivity index (χ2n) is 4.94. The highest BCUT2D eigenvalue weighted by atomic mass is 35.5. The van der Waals surface area contributed by atoms with Crippen molar-refractivity contribution in [3.63, 3.8) is 0 Å². The van der Waals surface area contributed by atoms with Crippen LogP contribution in [-0.4, -0.2) is 30.4 Å². The Bertz CT molecular complexity index is 544. The highest BCUT2D eigenvalue weighted by Gasteiger charge is 2.44. The third kappa shape index (κ3) is 3.34. The number of amides is 1. The van der Waals surface area contributed by atoms with Gasteiger partial charge in [-0.25, -0.2) is 9.59 Å². The number of carbonyl (C=O) groups excluding carboxylic acids is 2. The first-order chi connectivity index (χ1) is 10.1. The average Bonchev–Trinajstić information content (AvgIpc) is 2.63. The number of halogens is 1. The smallest absolute Gasteiger partial charge is 0.363 e. The van der Waals surface area contributed by atoms with E-state index in [1.54, 1.807) is 13.1 Å². The molecule has 0 fully saturated rings. The van der Waals surface area contributed by atoms with Gasteiger partial charge in [-0.05, 0) is 25.8 Å². The number of carbonyl (C=O) groups is 2. The number of ether oxygens (including phenoxy) is 1. The normalized spacial score (nSPS) is 25.4. The van der Waals surface area contributed by atoms with E-state index in [1.807, 2.05) is 36.4 Å². The van der Waals surface area contributed by atoms with Gasteiger partial charge >= 0.3 is 11.9 Å². The van der Waals surface area contributed by atoms with E-state index in [-0.39, 0.29) is 23.5 Å². The van der Waals surface area contributed by atoms with Crippen LogP contribution >= 0.6 is 11.6 Å². The molecule has 1 aliphatic heterocycles. The van der Waals surface area contributed by atoms with Crippen LogP contribution in [0.3, 0.4) is 0 Å². The number of allylic oxidation sites excluding steroid dienone is 1. The number of para-hydroxylation sites is 1. The number of hydrogen-bond donors (Lipinski definition) is 0. The van der Waals surface area contributed by atoms with Crippen molar-refractivity contribution in [2.45, 2.75) is 25.1 Å². The van der Waals surface area contributed by atoms with Crippen molar-refractivity contribution < 1.29 is 14.3 Å². The number of nitrogens with zero attached hydrogens (tertiary/aromatic N) is 1. The number of alkyl halides is 1. The Morgan fingerprint density at radius 2 is 2.10 bits per heavy atom. The molecule has 0 bridgehead atoms. The number of hydrogen-bond acceptors (Lipinski definition) is 3. The van der Waals surface area contributed by atoms with Gasteiger partial charge in [-0.1, -0.05) is 18.2 Å². The molecule has 0 radical (unpaired) electrons. The van der Waals surface area contributed by atoms with Crippen LogP contribution in [0.2, 0.25) is 0 Å². The van der Waals surface area contributed by atoms with Gasteiger partial charge in [0.2, 0.25) is 0 Å². The minimum Gasteiger partial charge on any atom is -0.462 e. The predicted molar refractivity (Wildman–Crippen MR) is 82.8 cm³/mol. The molecule has 0 saturated carbocycles. The molecule has 1 aromatic rings. The van der Waals surface area contributed by atoms with Gasteiger partial charge in [-0.2, -0.15) is 4.48 Å². The Hall–Kier alpha value is -1.65. The minimum absolute atomic E-state index is 0.0730. The molecule has 0 aliphatic carbocycles. The number of benzene rings is 1. The first-order valence-corrected chi connectivity index (χ1v) is 7.49. The summed E-state index contributed by atoms with van der Waals surface area (Å²) in [4.78, 5) is 24.8. The molecule has 5 heteroatoms. The summed E-state index contributed by atoms with van der Waals surface area (Å²) in [5.41, 5.74) is 0.722. The lowest BCUT2D eigenvalue weighted by atomic mass is 10.2. The number of quaternary nitrogens is 1. The van der Waals surface area contributed by atoms with E-state index >= 15 is 0 Å². The zero-order chi connectivity index (χ0) is 15.3. The lowest BCUT2D eigenvalue weighted by Crippen LogP contribution is -2.55. The summed E-state index contributed by atoms with van der Waals surface area (Å²) >= 11 is 6.21. The van der Waals surface area contributed by atoms with Crippen LogP contribution in [-0.2, 0) is 14.3 Å². The van der Waals surface area contributed by atoms with Crippen molar-refractivity contribution in [3.8, 4) is 0 Å². The van der Waals surface area contributed by atoms with E-state index in [2.05, 4.69) is 0 Å². The van der Waals surface area contributed by atoms with Gasteiger partial charge in [-0.15, -0.1) is 11.6 Å². The van der Waals surface area contributed by atoms with Crippen LogP contribution in [0.15, 0.2) is 42.6 Å². The van der Waals surface area contributed by atoms with Crippen LogP contribution < -0.4 is 4.48 Å². The van der Waals surface area contributed by atoms with Crippen molar-refractivity contribution in [2.24, 2.45) is 0 Å². The molecule has 2 rings (SSSR count). The van der Waals surface area contributed by atoms with Gasteiger partial charge < -0.3 is 4.74 Å². The van der Waals surface area contributed by atoms with E-state index < -0.39 is 11.3 Å². The topological polar surface area (TPSA) is 43.4 Å². The highest BCUT2D eigenvalue weighted by molar-refractivity contribution is 6.32. The minimum atomic E-state index is -0.616. The maximum Gasteiger partial charge on any atom is 0.363 e. The fourth-order valence-electron chi connectivity index (χ4n) is 2.48. The Morgan fingerprint density at radius 3 is 2.76 bits per heavy atom. The SMILES string of the molecule is CCOC(=O)C[N+]1(c2ccccc2)C=CCCC(Cl)C1=O. The molecule has 2 atom stereocenters. The molecule has 0 aromatic heterocycles. The summed E-state index contributed by atoms with van der Waals surface area (Å²) < 4.78 is 4.82. The van der Waals surface area contributed by atoms with Crippen molar-refractivity contribution in [1.29, 1.82) is 0 Å². The molecule has 112 valence electrons. The quantitative estimate of drug-likeness (QED) is 0.488. The van der Waals surface area contributed by atoms with Crippen LogP contribution in [0.1, 0.15) is 19.8 Å². The lowest BCUT2D eigenvalue weighted by Gasteiger charge is -2.31. The third-order valence-electron chi connectivity index (χ3n) is 3.51. The lowest BCUT2D eigenvalue weighted by molar-refractivity contribution is -0.146. The van der Waals surface area contributed by atoms with Gasteiger partial charge in [0.25, 0.3) is 0 Å². The van der Waals surface area contributed by atoms with E-state index in [0.717, 1.165) is 12.1 Å². The predicted octanol–water partition coefficient (Wildman–Crippen LogP) is 3.00. The first-order valence-electron chi connectivity index (χ1n) is 7.05. The molecule has 0 N–H and O–H groups in total. The Balaban J connectivity index is 2.47. The first kappa shape index (κ1) is 15.7. The van der Waals surface area contributed by atoms with Gasteiger partial charge in [0.1, 0.15) is 17.3 Å². The van der Waals surface area contributed by atoms with Crippen LogP contribution in [0, 0.1) is 0 Å². The maximum absolute atomic E-state index is 12.8. The van der Waals surface area contributed by atoms with Crippen molar-refractivity contribution in [3.05, 3.63) is 42.6 Å². The molecule has 4 nitrogen and oxygen atoms in total. The molecule has 1 aliphatic rings. The fourth-order valence-corrected chi connectivity index (χ4v) is 2.78. The Kier molecular flexibility index (Phi) is 5.15. The zero-order valence-electron chi connectivity index (χ0n) is 12.0. The van der Waals surface area contributed by atoms with E-state index in [9.17, 15) is 9.59 Å². The summed E-state index contributed by atoms with van der Waals surface area (Å²) in [6.07, 6.45) is 4.96. The molecular formula is C16H19ClNO3+. The standard InChI is InChI=1S/C16H19ClNO3/c1-2-21-15(19)12-18(13-8-4-3-5-9-13)11-7-6-10-14(17)16(18)20/h3-5,7-9,11,14H,2,6,10,12H2,1H3/q+1. The third-order valence-corrected chi connectivity index (χ3v) is 3.91. The Morgan fingerprint density at radius 1 is 1.38 bits per heavy atom. The monoisotopic (exact) mass is 308 g/mol. The maximum atomic E-state index is 12.8. The summed E-state index contributed by atoms with van der Waals surface area (Å²) in [7, 11) is 0. The molecule has 1 amide bonds. The van der Waals surface area contributed by atoms with E-state index in [4.69, 9.17) is 16.3 Å². The molecule has 1 heterocycles. The van der Waals surface area contributed by atoms with Gasteiger partial charge in [0, 0.05) is 12.1 Å². The molecule has 2 unspecified atom stereocenters. The number of esters is 1. The van der Waals surface area contributed by atoms with Gasteiger partial charge in [0.05, 0.1) is 6.61 Å². The van der Waals surface area contributed by atoms with E-state index in [0.29, 0.717) is 6.42 Å². The second-order valence-corrected chi connectivity index (χ2v) is 5.46. The van der Waals surface area contributed by atoms with Crippen LogP contribution in [0.4, 0.5) is 5.69 Å². The molecule has 0 saturated heterocycles. The van der Waals surface area contributed by atoms with Crippen LogP contribution in [0.25, 0.3) is 0 Å². The van der Waals surface area contributed by atoms with E-state index in [1.165, 1.54) is 0 Å². The average molecular weight is 309 g/mol. The largest absolute Gasteiger partial charge is 0.462 e. The molecule has 0 spiro atoms. The fraction of sp³-hybridized carbons (Fsp3) is 0.375. The van der Waals surface area contributed by atoms with Gasteiger partial charge in [0.15, 0.2) is 6.54 Å². The summed E-state index contributed by atoms with van der Waals surface area (Å²) in [5, 5.41) is -0.616.